The molecule has 0 radical (unpaired) electrons. The molecule has 0 saturated carbocycles. The topological polar surface area (TPSA) is 118 Å². The number of nitrogens with zero attached hydrogens (tertiary/aromatic N) is 1. The van der Waals surface area contributed by atoms with E-state index in [0.29, 0.717) is 11.3 Å². The van der Waals surface area contributed by atoms with Gasteiger partial charge < -0.3 is 4.52 Å². The molecule has 1 heterocycles. The molecule has 2 N–H and O–H groups in total. The summed E-state index contributed by atoms with van der Waals surface area (Å²) in [5.41, 5.74) is 3.26. The van der Waals surface area contributed by atoms with Crippen LogP contribution in [0.3, 0.4) is 0 Å². The lowest BCUT2D eigenvalue weighted by molar-refractivity contribution is 0.430. The van der Waals surface area contributed by atoms with Crippen LogP contribution in [0.2, 0.25) is 0 Å². The van der Waals surface area contributed by atoms with E-state index < -0.39 is 20.0 Å². The number of aromatic nitrogens is 1. The van der Waals surface area contributed by atoms with E-state index in [9.17, 15) is 16.8 Å². The zero-order valence-electron chi connectivity index (χ0n) is 16.3. The third-order valence-corrected chi connectivity index (χ3v) is 7.32. The highest BCUT2D eigenvalue weighted by Crippen LogP contribution is 2.24. The van der Waals surface area contributed by atoms with Gasteiger partial charge in [0.1, 0.15) is 0 Å². The van der Waals surface area contributed by atoms with Crippen LogP contribution in [0.5, 0.6) is 0 Å². The van der Waals surface area contributed by atoms with Crippen LogP contribution >= 0.6 is 0 Å². The summed E-state index contributed by atoms with van der Waals surface area (Å²) in [6.45, 7) is 7.12. The van der Waals surface area contributed by atoms with Crippen molar-refractivity contribution in [3.05, 3.63) is 64.8 Å². The van der Waals surface area contributed by atoms with Gasteiger partial charge in [-0.25, -0.2) is 21.6 Å². The Morgan fingerprint density at radius 1 is 0.759 bits per heavy atom. The van der Waals surface area contributed by atoms with Crippen molar-refractivity contribution in [2.75, 3.05) is 9.44 Å². The summed E-state index contributed by atoms with van der Waals surface area (Å²) >= 11 is 0. The van der Waals surface area contributed by atoms with Gasteiger partial charge in [0, 0.05) is 11.3 Å². The molecule has 1 aromatic heterocycles. The predicted octanol–water partition coefficient (Wildman–Crippen LogP) is 3.51. The molecule has 0 spiro atoms. The molecule has 0 fully saturated rings. The minimum absolute atomic E-state index is 0.0416. The molecule has 0 aliphatic carbocycles. The fraction of sp³-hybridized carbons (Fsp3) is 0.211. The molecule has 29 heavy (non-hydrogen) atoms. The maximum Gasteiger partial charge on any atom is 0.264 e. The van der Waals surface area contributed by atoms with E-state index in [1.54, 1.807) is 26.0 Å². The Hall–Kier alpha value is -2.85. The Morgan fingerprint density at radius 2 is 1.34 bits per heavy atom. The lowest BCUT2D eigenvalue weighted by Crippen LogP contribution is -2.15. The third-order valence-electron chi connectivity index (χ3n) is 4.59. The summed E-state index contributed by atoms with van der Waals surface area (Å²) in [5, 5.41) is 3.71. The molecule has 10 heteroatoms. The van der Waals surface area contributed by atoms with Crippen LogP contribution in [-0.2, 0) is 20.0 Å². The number of benzene rings is 2. The molecule has 0 bridgehead atoms. The van der Waals surface area contributed by atoms with Crippen molar-refractivity contribution in [3.63, 3.8) is 0 Å². The summed E-state index contributed by atoms with van der Waals surface area (Å²) < 4.78 is 59.9. The number of rotatable bonds is 6. The Bertz CT molecular complexity index is 1260. The van der Waals surface area contributed by atoms with Gasteiger partial charge in [-0.15, -0.1) is 0 Å². The van der Waals surface area contributed by atoms with Crippen LogP contribution in [0.4, 0.5) is 11.6 Å². The number of hydrogen-bond donors (Lipinski definition) is 2. The Labute approximate surface area is 170 Å². The summed E-state index contributed by atoms with van der Waals surface area (Å²) in [4.78, 5) is 0.0928. The quantitative estimate of drug-likeness (QED) is 0.612. The van der Waals surface area contributed by atoms with Crippen LogP contribution in [0.25, 0.3) is 0 Å². The van der Waals surface area contributed by atoms with Gasteiger partial charge in [0.05, 0.1) is 15.5 Å². The first-order chi connectivity index (χ1) is 13.5. The van der Waals surface area contributed by atoms with Crippen LogP contribution in [0.1, 0.15) is 22.4 Å². The van der Waals surface area contributed by atoms with Crippen LogP contribution in [0.15, 0.2) is 56.8 Å². The molecular formula is C19H21N3O5S2. The average Bonchev–Trinajstić information content (AvgIpc) is 2.95. The maximum absolute atomic E-state index is 12.6. The maximum atomic E-state index is 12.6. The molecule has 154 valence electrons. The monoisotopic (exact) mass is 435 g/mol. The SMILES string of the molecule is Cc1ccc(S(=O)(=O)Nc2ccc(S(=O)(=O)Nc3onc(C)c3C)cc2)cc1C. The van der Waals surface area contributed by atoms with Crippen LogP contribution in [-0.4, -0.2) is 22.0 Å². The first-order valence-corrected chi connectivity index (χ1v) is 11.6. The molecule has 8 nitrogen and oxygen atoms in total. The molecule has 2 aromatic carbocycles. The molecule has 0 amide bonds. The van der Waals surface area contributed by atoms with E-state index in [1.807, 2.05) is 13.8 Å². The highest BCUT2D eigenvalue weighted by Gasteiger charge is 2.20. The molecule has 3 aromatic rings. The van der Waals surface area contributed by atoms with E-state index in [4.69, 9.17) is 4.52 Å². The summed E-state index contributed by atoms with van der Waals surface area (Å²) in [6, 6.07) is 10.2. The number of nitrogens with one attached hydrogen (secondary N) is 2. The largest absolute Gasteiger partial charge is 0.337 e. The van der Waals surface area contributed by atoms with Crippen molar-refractivity contribution in [3.8, 4) is 0 Å². The Morgan fingerprint density at radius 3 is 1.90 bits per heavy atom. The van der Waals surface area contributed by atoms with E-state index >= 15 is 0 Å². The van der Waals surface area contributed by atoms with Crippen LogP contribution < -0.4 is 9.44 Å². The van der Waals surface area contributed by atoms with Gasteiger partial charge in [-0.2, -0.15) is 0 Å². The van der Waals surface area contributed by atoms with E-state index in [0.717, 1.165) is 11.1 Å². The van der Waals surface area contributed by atoms with Crippen LogP contribution in [0, 0.1) is 27.7 Å². The second kappa shape index (κ2) is 7.53. The molecule has 0 unspecified atom stereocenters. The molecule has 0 aliphatic heterocycles. The third kappa shape index (κ3) is 4.43. The first-order valence-electron chi connectivity index (χ1n) is 8.65. The molecule has 0 aliphatic rings. The zero-order valence-corrected chi connectivity index (χ0v) is 18.0. The molecule has 0 saturated heterocycles. The molecule has 0 atom stereocenters. The zero-order chi connectivity index (χ0) is 21.4. The number of aryl methyl sites for hydroxylation is 3. The van der Waals surface area contributed by atoms with Crippen molar-refractivity contribution in [2.24, 2.45) is 0 Å². The van der Waals surface area contributed by atoms with Gasteiger partial charge in [-0.3, -0.25) is 4.72 Å². The molecule has 3 rings (SSSR count). The van der Waals surface area contributed by atoms with Gasteiger partial charge >= 0.3 is 0 Å². The predicted molar refractivity (Wildman–Crippen MR) is 110 cm³/mol. The smallest absolute Gasteiger partial charge is 0.264 e. The van der Waals surface area contributed by atoms with Crippen molar-refractivity contribution in [1.29, 1.82) is 0 Å². The second-order valence-electron chi connectivity index (χ2n) is 6.70. The van der Waals surface area contributed by atoms with Gasteiger partial charge in [0.25, 0.3) is 20.0 Å². The number of sulfonamides is 2. The second-order valence-corrected chi connectivity index (χ2v) is 10.1. The van der Waals surface area contributed by atoms with E-state index in [1.165, 1.54) is 30.3 Å². The first kappa shape index (κ1) is 20.9. The average molecular weight is 436 g/mol. The van der Waals surface area contributed by atoms with Crippen molar-refractivity contribution < 1.29 is 21.4 Å². The Balaban J connectivity index is 1.80. The van der Waals surface area contributed by atoms with Gasteiger partial charge in [-0.05, 0) is 75.2 Å². The summed E-state index contributed by atoms with van der Waals surface area (Å²) in [7, 11) is -7.70. The highest BCUT2D eigenvalue weighted by atomic mass is 32.2. The standard InChI is InChI=1S/C19H21N3O5S2/c1-12-5-8-18(11-13(12)2)29(25,26)21-16-6-9-17(10-7-16)28(23,24)22-19-14(3)15(4)20-27-19/h5-11,21-22H,1-4H3. The van der Waals surface area contributed by atoms with Gasteiger partial charge in [0.2, 0.25) is 5.88 Å². The minimum Gasteiger partial charge on any atom is -0.337 e. The Kier molecular flexibility index (Phi) is 5.42. The highest BCUT2D eigenvalue weighted by molar-refractivity contribution is 7.93. The van der Waals surface area contributed by atoms with E-state index in [2.05, 4.69) is 14.6 Å². The van der Waals surface area contributed by atoms with Crippen molar-refractivity contribution in [1.82, 2.24) is 5.16 Å². The normalized spacial score (nSPS) is 12.0. The summed E-state index contributed by atoms with van der Waals surface area (Å²) in [5.74, 6) is 0.0435. The summed E-state index contributed by atoms with van der Waals surface area (Å²) in [6.07, 6.45) is 0. The fourth-order valence-corrected chi connectivity index (χ4v) is 4.68. The van der Waals surface area contributed by atoms with E-state index in [-0.39, 0.29) is 21.4 Å². The lowest BCUT2D eigenvalue weighted by atomic mass is 10.1. The lowest BCUT2D eigenvalue weighted by Gasteiger charge is -2.11. The van der Waals surface area contributed by atoms with Crippen molar-refractivity contribution >= 4 is 31.6 Å². The number of hydrogen-bond acceptors (Lipinski definition) is 6. The van der Waals surface area contributed by atoms with Gasteiger partial charge in [0.15, 0.2) is 0 Å². The molecular weight excluding hydrogens is 414 g/mol. The minimum atomic E-state index is -3.91. The van der Waals surface area contributed by atoms with Gasteiger partial charge in [-0.1, -0.05) is 11.2 Å². The van der Waals surface area contributed by atoms with Crippen molar-refractivity contribution in [2.45, 2.75) is 37.5 Å². The fourth-order valence-electron chi connectivity index (χ4n) is 2.49. The number of anilines is 2.